The van der Waals surface area contributed by atoms with Gasteiger partial charge in [0.2, 0.25) is 5.91 Å². The molecule has 0 spiro atoms. The Morgan fingerprint density at radius 1 is 1.10 bits per heavy atom. The number of hydrogen-bond donors (Lipinski definition) is 1. The van der Waals surface area contributed by atoms with Crippen LogP contribution >= 0.6 is 22.7 Å². The summed E-state index contributed by atoms with van der Waals surface area (Å²) in [4.78, 5) is 23.4. The summed E-state index contributed by atoms with van der Waals surface area (Å²) in [7, 11) is 0. The lowest BCUT2D eigenvalue weighted by atomic mass is 10.2. The number of aromatic nitrogens is 1. The molecule has 5 nitrogen and oxygen atoms in total. The summed E-state index contributed by atoms with van der Waals surface area (Å²) in [5, 5.41) is 8.41. The molecule has 158 valence electrons. The minimum Gasteiger partial charge on any atom is -0.354 e. The van der Waals surface area contributed by atoms with Crippen LogP contribution in [0.1, 0.15) is 17.5 Å². The third-order valence-electron chi connectivity index (χ3n) is 5.54. The first-order valence-electron chi connectivity index (χ1n) is 10.5. The topological polar surface area (TPSA) is 48.5 Å². The van der Waals surface area contributed by atoms with Crippen LogP contribution in [0.3, 0.4) is 0 Å². The Labute approximate surface area is 186 Å². The Morgan fingerprint density at radius 3 is 2.63 bits per heavy atom. The van der Waals surface area contributed by atoms with Gasteiger partial charge in [-0.1, -0.05) is 36.4 Å². The summed E-state index contributed by atoms with van der Waals surface area (Å²) in [5.74, 6) is 0.131. The number of rotatable bonds is 8. The first kappa shape index (κ1) is 21.2. The fourth-order valence-electron chi connectivity index (χ4n) is 3.71. The van der Waals surface area contributed by atoms with E-state index < -0.39 is 0 Å². The quantitative estimate of drug-likeness (QED) is 0.580. The van der Waals surface area contributed by atoms with Gasteiger partial charge in [-0.05, 0) is 24.8 Å². The molecule has 1 aromatic carbocycles. The summed E-state index contributed by atoms with van der Waals surface area (Å²) in [6, 6.07) is 14.4. The average molecular weight is 441 g/mol. The highest BCUT2D eigenvalue weighted by atomic mass is 32.1. The molecule has 30 heavy (non-hydrogen) atoms. The van der Waals surface area contributed by atoms with Crippen molar-refractivity contribution in [2.24, 2.45) is 0 Å². The summed E-state index contributed by atoms with van der Waals surface area (Å²) in [6.45, 7) is 7.35. The highest BCUT2D eigenvalue weighted by molar-refractivity contribution is 7.13. The van der Waals surface area contributed by atoms with E-state index in [-0.39, 0.29) is 11.9 Å². The van der Waals surface area contributed by atoms with Crippen LogP contribution < -0.4 is 5.32 Å². The first-order chi connectivity index (χ1) is 14.7. The van der Waals surface area contributed by atoms with Crippen LogP contribution in [0.5, 0.6) is 0 Å². The van der Waals surface area contributed by atoms with E-state index in [9.17, 15) is 4.79 Å². The van der Waals surface area contributed by atoms with Gasteiger partial charge < -0.3 is 5.32 Å². The SMILES string of the molecule is CC(C(=O)NCCc1cccs1)N1CCN(Cc2csc(-c3ccccc3)n2)CC1. The molecule has 1 amide bonds. The molecule has 7 heteroatoms. The third kappa shape index (κ3) is 5.55. The van der Waals surface area contributed by atoms with Gasteiger partial charge in [-0.3, -0.25) is 14.6 Å². The van der Waals surface area contributed by atoms with Gasteiger partial charge in [0.25, 0.3) is 0 Å². The predicted molar refractivity (Wildman–Crippen MR) is 125 cm³/mol. The second kappa shape index (κ2) is 10.3. The average Bonchev–Trinajstić information content (AvgIpc) is 3.47. The maximum Gasteiger partial charge on any atom is 0.237 e. The van der Waals surface area contributed by atoms with E-state index in [4.69, 9.17) is 4.98 Å². The van der Waals surface area contributed by atoms with Crippen LogP contribution in [0.2, 0.25) is 0 Å². The fourth-order valence-corrected chi connectivity index (χ4v) is 5.23. The van der Waals surface area contributed by atoms with Crippen LogP contribution in [0, 0.1) is 0 Å². The van der Waals surface area contributed by atoms with Crippen LogP contribution in [0.4, 0.5) is 0 Å². The number of nitrogens with one attached hydrogen (secondary N) is 1. The third-order valence-corrected chi connectivity index (χ3v) is 7.42. The molecule has 1 fully saturated rings. The van der Waals surface area contributed by atoms with Gasteiger partial charge in [-0.2, -0.15) is 0 Å². The molecule has 1 aliphatic rings. The van der Waals surface area contributed by atoms with Crippen molar-refractivity contribution >= 4 is 28.6 Å². The number of carbonyl (C=O) groups is 1. The number of benzene rings is 1. The Balaban J connectivity index is 1.21. The van der Waals surface area contributed by atoms with Crippen molar-refractivity contribution in [3.8, 4) is 10.6 Å². The molecule has 1 aliphatic heterocycles. The first-order valence-corrected chi connectivity index (χ1v) is 12.2. The Bertz CT molecular complexity index is 918. The second-order valence-corrected chi connectivity index (χ2v) is 9.51. The molecule has 3 heterocycles. The summed E-state index contributed by atoms with van der Waals surface area (Å²) in [5.41, 5.74) is 2.31. The molecule has 4 rings (SSSR count). The second-order valence-electron chi connectivity index (χ2n) is 7.62. The highest BCUT2D eigenvalue weighted by Crippen LogP contribution is 2.24. The smallest absolute Gasteiger partial charge is 0.237 e. The van der Waals surface area contributed by atoms with Gasteiger partial charge >= 0.3 is 0 Å². The zero-order valence-corrected chi connectivity index (χ0v) is 18.9. The van der Waals surface area contributed by atoms with E-state index in [0.717, 1.165) is 49.8 Å². The van der Waals surface area contributed by atoms with Gasteiger partial charge in [0.1, 0.15) is 5.01 Å². The van der Waals surface area contributed by atoms with Crippen molar-refractivity contribution in [2.45, 2.75) is 25.9 Å². The van der Waals surface area contributed by atoms with Crippen molar-refractivity contribution in [2.75, 3.05) is 32.7 Å². The van der Waals surface area contributed by atoms with E-state index >= 15 is 0 Å². The number of hydrogen-bond acceptors (Lipinski definition) is 6. The Hall–Kier alpha value is -2.06. The lowest BCUT2D eigenvalue weighted by Crippen LogP contribution is -2.53. The Morgan fingerprint density at radius 2 is 1.90 bits per heavy atom. The molecule has 0 saturated carbocycles. The lowest BCUT2D eigenvalue weighted by molar-refractivity contribution is -0.126. The molecule has 2 aromatic heterocycles. The van der Waals surface area contributed by atoms with Crippen molar-refractivity contribution in [1.29, 1.82) is 0 Å². The normalized spacial score (nSPS) is 16.4. The standard InChI is InChI=1S/C23H28N4OS2/c1-18(22(28)24-10-9-21-8-5-15-29-21)27-13-11-26(12-14-27)16-20-17-30-23(25-20)19-6-3-2-4-7-19/h2-8,15,17-18H,9-14,16H2,1H3,(H,24,28). The number of carbonyl (C=O) groups excluding carboxylic acids is 1. The van der Waals surface area contributed by atoms with E-state index in [0.29, 0.717) is 6.54 Å². The fraction of sp³-hybridized carbons (Fsp3) is 0.391. The number of piperazine rings is 1. The van der Waals surface area contributed by atoms with Gasteiger partial charge in [-0.25, -0.2) is 4.98 Å². The Kier molecular flexibility index (Phi) is 7.28. The molecule has 0 bridgehead atoms. The lowest BCUT2D eigenvalue weighted by Gasteiger charge is -2.37. The number of thiazole rings is 1. The molecule has 1 atom stereocenters. The maximum absolute atomic E-state index is 12.5. The number of amides is 1. The minimum atomic E-state index is -0.0839. The monoisotopic (exact) mass is 440 g/mol. The number of thiophene rings is 1. The largest absolute Gasteiger partial charge is 0.354 e. The van der Waals surface area contributed by atoms with Gasteiger partial charge in [0.05, 0.1) is 11.7 Å². The summed E-state index contributed by atoms with van der Waals surface area (Å²) >= 11 is 3.45. The van der Waals surface area contributed by atoms with Crippen molar-refractivity contribution in [3.05, 3.63) is 63.8 Å². The van der Waals surface area contributed by atoms with E-state index in [2.05, 4.69) is 62.3 Å². The van der Waals surface area contributed by atoms with Gasteiger partial charge in [0, 0.05) is 55.1 Å². The highest BCUT2D eigenvalue weighted by Gasteiger charge is 2.25. The van der Waals surface area contributed by atoms with Crippen LogP contribution in [0.25, 0.3) is 10.6 Å². The molecular formula is C23H28N4OS2. The maximum atomic E-state index is 12.5. The van der Waals surface area contributed by atoms with Crippen molar-refractivity contribution in [1.82, 2.24) is 20.1 Å². The van der Waals surface area contributed by atoms with Gasteiger partial charge in [-0.15, -0.1) is 22.7 Å². The van der Waals surface area contributed by atoms with Crippen LogP contribution in [-0.2, 0) is 17.8 Å². The molecule has 0 radical (unpaired) electrons. The van der Waals surface area contributed by atoms with Gasteiger partial charge in [0.15, 0.2) is 0 Å². The number of nitrogens with zero attached hydrogens (tertiary/aromatic N) is 3. The van der Waals surface area contributed by atoms with E-state index in [1.165, 1.54) is 10.4 Å². The summed E-state index contributed by atoms with van der Waals surface area (Å²) in [6.07, 6.45) is 0.905. The van der Waals surface area contributed by atoms with E-state index in [1.54, 1.807) is 22.7 Å². The molecule has 1 N–H and O–H groups in total. The molecule has 1 unspecified atom stereocenters. The zero-order valence-electron chi connectivity index (χ0n) is 17.3. The van der Waals surface area contributed by atoms with E-state index in [1.807, 2.05) is 13.0 Å². The molecule has 1 saturated heterocycles. The van der Waals surface area contributed by atoms with Crippen LogP contribution in [-0.4, -0.2) is 59.5 Å². The predicted octanol–water partition coefficient (Wildman–Crippen LogP) is 3.74. The zero-order chi connectivity index (χ0) is 20.8. The minimum absolute atomic E-state index is 0.0839. The molecule has 0 aliphatic carbocycles. The molecule has 3 aromatic rings. The van der Waals surface area contributed by atoms with Crippen LogP contribution in [0.15, 0.2) is 53.2 Å². The van der Waals surface area contributed by atoms with Crippen molar-refractivity contribution in [3.63, 3.8) is 0 Å². The van der Waals surface area contributed by atoms with Crippen molar-refractivity contribution < 1.29 is 4.79 Å². The molecular weight excluding hydrogens is 412 g/mol. The summed E-state index contributed by atoms with van der Waals surface area (Å²) < 4.78 is 0.